The minimum atomic E-state index is 0.562. The maximum atomic E-state index is 8.72. The monoisotopic (exact) mass is 282 g/mol. The summed E-state index contributed by atoms with van der Waals surface area (Å²) in [5.74, 6) is 0.840. The van der Waals surface area contributed by atoms with Crippen molar-refractivity contribution < 1.29 is 9.47 Å². The van der Waals surface area contributed by atoms with Gasteiger partial charge in [0.2, 0.25) is 0 Å². The maximum absolute atomic E-state index is 8.72. The zero-order valence-corrected chi connectivity index (χ0v) is 12.0. The summed E-state index contributed by atoms with van der Waals surface area (Å²) in [5.41, 5.74) is 2.74. The van der Waals surface area contributed by atoms with Crippen LogP contribution in [-0.2, 0) is 11.3 Å². The number of nitrogens with zero attached hydrogens (tertiary/aromatic N) is 1. The first-order chi connectivity index (χ1) is 10.3. The standard InChI is InChI=1S/C17H18N2O2/c1-20-17-4-2-3-15(11-17)13-21-10-9-19-16-7-5-14(12-18)6-8-16/h2-8,11,19H,9-10,13H2,1H3. The van der Waals surface area contributed by atoms with Crippen LogP contribution in [-0.4, -0.2) is 20.3 Å². The van der Waals surface area contributed by atoms with Gasteiger partial charge in [0.1, 0.15) is 5.75 Å². The van der Waals surface area contributed by atoms with Crippen molar-refractivity contribution in [3.05, 3.63) is 59.7 Å². The van der Waals surface area contributed by atoms with Crippen molar-refractivity contribution in [1.82, 2.24) is 0 Å². The van der Waals surface area contributed by atoms with E-state index in [-0.39, 0.29) is 0 Å². The van der Waals surface area contributed by atoms with Crippen molar-refractivity contribution in [2.24, 2.45) is 0 Å². The highest BCUT2D eigenvalue weighted by Crippen LogP contribution is 2.13. The number of ether oxygens (including phenoxy) is 2. The van der Waals surface area contributed by atoms with E-state index in [1.165, 1.54) is 0 Å². The van der Waals surface area contributed by atoms with E-state index < -0.39 is 0 Å². The van der Waals surface area contributed by atoms with Crippen molar-refractivity contribution in [3.8, 4) is 11.8 Å². The molecule has 0 saturated heterocycles. The number of nitriles is 1. The Kier molecular flexibility index (Phi) is 5.62. The number of hydrogen-bond donors (Lipinski definition) is 1. The number of methoxy groups -OCH3 is 1. The molecular weight excluding hydrogens is 264 g/mol. The van der Waals surface area contributed by atoms with E-state index in [0.717, 1.165) is 23.5 Å². The van der Waals surface area contributed by atoms with Crippen LogP contribution in [0.25, 0.3) is 0 Å². The molecular formula is C17H18N2O2. The van der Waals surface area contributed by atoms with Gasteiger partial charge in [-0.2, -0.15) is 5.26 Å². The number of hydrogen-bond acceptors (Lipinski definition) is 4. The summed E-state index contributed by atoms with van der Waals surface area (Å²) in [6.45, 7) is 1.89. The van der Waals surface area contributed by atoms with Crippen LogP contribution in [0.1, 0.15) is 11.1 Å². The minimum Gasteiger partial charge on any atom is -0.497 e. The third-order valence-electron chi connectivity index (χ3n) is 2.99. The SMILES string of the molecule is COc1cccc(COCCNc2ccc(C#N)cc2)c1. The number of nitrogens with one attached hydrogen (secondary N) is 1. The van der Waals surface area contributed by atoms with E-state index in [0.29, 0.717) is 18.8 Å². The van der Waals surface area contributed by atoms with Crippen molar-refractivity contribution in [3.63, 3.8) is 0 Å². The molecule has 0 fully saturated rings. The average Bonchev–Trinajstić information content (AvgIpc) is 2.55. The Hall–Kier alpha value is -2.51. The van der Waals surface area contributed by atoms with E-state index in [1.807, 2.05) is 36.4 Å². The van der Waals surface area contributed by atoms with E-state index in [1.54, 1.807) is 19.2 Å². The summed E-state index contributed by atoms with van der Waals surface area (Å²) in [4.78, 5) is 0. The van der Waals surface area contributed by atoms with Gasteiger partial charge in [0.15, 0.2) is 0 Å². The highest BCUT2D eigenvalue weighted by atomic mass is 16.5. The smallest absolute Gasteiger partial charge is 0.119 e. The zero-order valence-electron chi connectivity index (χ0n) is 12.0. The molecule has 4 heteroatoms. The van der Waals surface area contributed by atoms with Gasteiger partial charge in [-0.1, -0.05) is 12.1 Å². The molecule has 21 heavy (non-hydrogen) atoms. The maximum Gasteiger partial charge on any atom is 0.119 e. The van der Waals surface area contributed by atoms with Gasteiger partial charge in [-0.15, -0.1) is 0 Å². The predicted molar refractivity (Wildman–Crippen MR) is 82.3 cm³/mol. The topological polar surface area (TPSA) is 54.3 Å². The van der Waals surface area contributed by atoms with Gasteiger partial charge in [0, 0.05) is 12.2 Å². The van der Waals surface area contributed by atoms with Crippen LogP contribution in [0, 0.1) is 11.3 Å². The molecule has 0 aliphatic rings. The molecule has 1 N–H and O–H groups in total. The second kappa shape index (κ2) is 7.93. The number of anilines is 1. The quantitative estimate of drug-likeness (QED) is 0.792. The molecule has 4 nitrogen and oxygen atoms in total. The van der Waals surface area contributed by atoms with Gasteiger partial charge in [-0.3, -0.25) is 0 Å². The number of benzene rings is 2. The van der Waals surface area contributed by atoms with Gasteiger partial charge in [0.25, 0.3) is 0 Å². The summed E-state index contributed by atoms with van der Waals surface area (Å²) in [6.07, 6.45) is 0. The van der Waals surface area contributed by atoms with Crippen LogP contribution in [0.3, 0.4) is 0 Å². The molecule has 0 aromatic heterocycles. The van der Waals surface area contributed by atoms with E-state index >= 15 is 0 Å². The molecule has 0 atom stereocenters. The normalized spacial score (nSPS) is 9.90. The fourth-order valence-electron chi connectivity index (χ4n) is 1.88. The summed E-state index contributed by atoms with van der Waals surface area (Å²) in [6, 6.07) is 17.3. The Morgan fingerprint density at radius 1 is 1.14 bits per heavy atom. The molecule has 0 bridgehead atoms. The lowest BCUT2D eigenvalue weighted by Gasteiger charge is -2.08. The predicted octanol–water partition coefficient (Wildman–Crippen LogP) is 3.20. The van der Waals surface area contributed by atoms with Gasteiger partial charge >= 0.3 is 0 Å². The Balaban J connectivity index is 1.68. The second-order valence-electron chi connectivity index (χ2n) is 4.52. The molecule has 0 spiro atoms. The molecule has 0 aliphatic carbocycles. The summed E-state index contributed by atoms with van der Waals surface area (Å²) in [5, 5.41) is 12.0. The van der Waals surface area contributed by atoms with Gasteiger partial charge in [-0.05, 0) is 42.0 Å². The fourth-order valence-corrected chi connectivity index (χ4v) is 1.88. The molecule has 0 heterocycles. The largest absolute Gasteiger partial charge is 0.497 e. The van der Waals surface area contributed by atoms with Gasteiger partial charge in [0.05, 0.1) is 32.0 Å². The fraction of sp³-hybridized carbons (Fsp3) is 0.235. The lowest BCUT2D eigenvalue weighted by atomic mass is 10.2. The molecule has 2 aromatic carbocycles. The van der Waals surface area contributed by atoms with Gasteiger partial charge < -0.3 is 14.8 Å². The second-order valence-corrected chi connectivity index (χ2v) is 4.52. The Bertz CT molecular complexity index is 603. The minimum absolute atomic E-state index is 0.562. The van der Waals surface area contributed by atoms with Crippen LogP contribution in [0.15, 0.2) is 48.5 Å². The lowest BCUT2D eigenvalue weighted by molar-refractivity contribution is 0.130. The highest BCUT2D eigenvalue weighted by molar-refractivity contribution is 5.47. The molecule has 2 aromatic rings. The van der Waals surface area contributed by atoms with Crippen LogP contribution < -0.4 is 10.1 Å². The highest BCUT2D eigenvalue weighted by Gasteiger charge is 1.97. The molecule has 0 amide bonds. The van der Waals surface area contributed by atoms with Crippen LogP contribution in [0.2, 0.25) is 0 Å². The van der Waals surface area contributed by atoms with Crippen molar-refractivity contribution in [2.75, 3.05) is 25.6 Å². The average molecular weight is 282 g/mol. The van der Waals surface area contributed by atoms with E-state index in [2.05, 4.69) is 11.4 Å². The third kappa shape index (κ3) is 4.83. The summed E-state index contributed by atoms with van der Waals surface area (Å²) >= 11 is 0. The van der Waals surface area contributed by atoms with Crippen LogP contribution in [0.4, 0.5) is 5.69 Å². The van der Waals surface area contributed by atoms with Crippen molar-refractivity contribution in [1.29, 1.82) is 5.26 Å². The zero-order chi connectivity index (χ0) is 14.9. The van der Waals surface area contributed by atoms with Crippen molar-refractivity contribution in [2.45, 2.75) is 6.61 Å². The van der Waals surface area contributed by atoms with Crippen molar-refractivity contribution >= 4 is 5.69 Å². The van der Waals surface area contributed by atoms with Crippen LogP contribution in [0.5, 0.6) is 5.75 Å². The molecule has 0 aliphatic heterocycles. The Labute approximate surface area is 124 Å². The Morgan fingerprint density at radius 3 is 2.67 bits per heavy atom. The summed E-state index contributed by atoms with van der Waals surface area (Å²) < 4.78 is 10.8. The Morgan fingerprint density at radius 2 is 1.95 bits per heavy atom. The summed E-state index contributed by atoms with van der Waals surface area (Å²) in [7, 11) is 1.65. The number of rotatable bonds is 7. The first-order valence-corrected chi connectivity index (χ1v) is 6.76. The molecule has 108 valence electrons. The molecule has 2 rings (SSSR count). The lowest BCUT2D eigenvalue weighted by Crippen LogP contribution is -2.09. The first kappa shape index (κ1) is 14.9. The third-order valence-corrected chi connectivity index (χ3v) is 2.99. The molecule has 0 unspecified atom stereocenters. The first-order valence-electron chi connectivity index (χ1n) is 6.76. The molecule has 0 saturated carbocycles. The van der Waals surface area contributed by atoms with Crippen LogP contribution >= 0.6 is 0 Å². The van der Waals surface area contributed by atoms with E-state index in [9.17, 15) is 0 Å². The van der Waals surface area contributed by atoms with E-state index in [4.69, 9.17) is 14.7 Å². The van der Waals surface area contributed by atoms with Gasteiger partial charge in [-0.25, -0.2) is 0 Å². The molecule has 0 radical (unpaired) electrons.